The van der Waals surface area contributed by atoms with Gasteiger partial charge in [0.25, 0.3) is 0 Å². The predicted molar refractivity (Wildman–Crippen MR) is 64.8 cm³/mol. The lowest BCUT2D eigenvalue weighted by atomic mass is 10.1. The smallest absolute Gasteiger partial charge is 0.377 e. The molecule has 0 aliphatic rings. The highest BCUT2D eigenvalue weighted by Gasteiger charge is 2.36. The molecule has 90 valence electrons. The molecule has 0 fully saturated rings. The summed E-state index contributed by atoms with van der Waals surface area (Å²) in [5.41, 5.74) is 0. The number of rotatable bonds is 9. The second-order valence-electron chi connectivity index (χ2n) is 3.75. The van der Waals surface area contributed by atoms with Gasteiger partial charge in [-0.25, -0.2) is 0 Å². The van der Waals surface area contributed by atoms with Crippen LogP contribution in [0.4, 0.5) is 0 Å². The first kappa shape index (κ1) is 14.8. The molecule has 0 aromatic carbocycles. The number of allylic oxidation sites excluding steroid dienone is 1. The molecule has 1 unspecified atom stereocenters. The Bertz CT molecular complexity index is 161. The van der Waals surface area contributed by atoms with E-state index in [0.717, 1.165) is 18.9 Å². The molecule has 0 bridgehead atoms. The fraction of sp³-hybridized carbons (Fsp3) is 0.818. The molecule has 1 atom stereocenters. The molecule has 0 rings (SSSR count). The Morgan fingerprint density at radius 2 is 1.67 bits per heavy atom. The molecule has 0 spiro atoms. The first-order chi connectivity index (χ1) is 7.14. The van der Waals surface area contributed by atoms with Crippen molar-refractivity contribution >= 4 is 8.80 Å². The maximum Gasteiger partial charge on any atom is 0.500 e. The SMILES string of the molecule is C=CC(C)CCCC[Si](OC)(OC)OC. The van der Waals surface area contributed by atoms with Gasteiger partial charge < -0.3 is 13.3 Å². The summed E-state index contributed by atoms with van der Waals surface area (Å²) in [6.07, 6.45) is 5.41. The fourth-order valence-electron chi connectivity index (χ4n) is 1.48. The van der Waals surface area contributed by atoms with Crippen LogP contribution in [0.25, 0.3) is 0 Å². The molecule has 0 aliphatic heterocycles. The molecule has 0 heterocycles. The van der Waals surface area contributed by atoms with Crippen LogP contribution >= 0.6 is 0 Å². The number of hydrogen-bond donors (Lipinski definition) is 0. The molecular formula is C11H24O3Si. The van der Waals surface area contributed by atoms with Gasteiger partial charge in [0.1, 0.15) is 0 Å². The van der Waals surface area contributed by atoms with Crippen molar-refractivity contribution in [1.29, 1.82) is 0 Å². The van der Waals surface area contributed by atoms with Gasteiger partial charge in [-0.3, -0.25) is 0 Å². The molecule has 0 aromatic heterocycles. The molecule has 4 heteroatoms. The summed E-state index contributed by atoms with van der Waals surface area (Å²) >= 11 is 0. The summed E-state index contributed by atoms with van der Waals surface area (Å²) < 4.78 is 16.0. The topological polar surface area (TPSA) is 27.7 Å². The van der Waals surface area contributed by atoms with Crippen molar-refractivity contribution in [2.75, 3.05) is 21.3 Å². The minimum absolute atomic E-state index is 0.591. The maximum atomic E-state index is 5.34. The van der Waals surface area contributed by atoms with Crippen molar-refractivity contribution in [3.63, 3.8) is 0 Å². The minimum Gasteiger partial charge on any atom is -0.377 e. The third kappa shape index (κ3) is 5.46. The largest absolute Gasteiger partial charge is 0.500 e. The Hall–Kier alpha value is -0.163. The normalized spacial score (nSPS) is 13.9. The van der Waals surface area contributed by atoms with Gasteiger partial charge in [0.05, 0.1) is 0 Å². The molecule has 0 saturated heterocycles. The van der Waals surface area contributed by atoms with E-state index in [2.05, 4.69) is 13.5 Å². The first-order valence-corrected chi connectivity index (χ1v) is 7.35. The van der Waals surface area contributed by atoms with Crippen LogP contribution in [0.3, 0.4) is 0 Å². The summed E-state index contributed by atoms with van der Waals surface area (Å²) in [7, 11) is 2.65. The molecule has 0 N–H and O–H groups in total. The second kappa shape index (κ2) is 8.04. The van der Waals surface area contributed by atoms with E-state index in [4.69, 9.17) is 13.3 Å². The highest BCUT2D eigenvalue weighted by Crippen LogP contribution is 2.18. The molecule has 0 saturated carbocycles. The van der Waals surface area contributed by atoms with Crippen molar-refractivity contribution in [2.24, 2.45) is 5.92 Å². The van der Waals surface area contributed by atoms with E-state index in [-0.39, 0.29) is 0 Å². The van der Waals surface area contributed by atoms with Crippen LogP contribution in [0.1, 0.15) is 26.2 Å². The minimum atomic E-state index is -2.33. The monoisotopic (exact) mass is 232 g/mol. The maximum absolute atomic E-state index is 5.34. The summed E-state index contributed by atoms with van der Waals surface area (Å²) in [5, 5.41) is 0. The van der Waals surface area contributed by atoms with E-state index in [1.807, 2.05) is 6.08 Å². The predicted octanol–water partition coefficient (Wildman–Crippen LogP) is 2.86. The Labute approximate surface area is 94.8 Å². The number of hydrogen-bond acceptors (Lipinski definition) is 3. The van der Waals surface area contributed by atoms with Crippen molar-refractivity contribution in [1.82, 2.24) is 0 Å². The Balaban J connectivity index is 3.76. The fourth-order valence-corrected chi connectivity index (χ4v) is 3.28. The molecule has 0 amide bonds. The van der Waals surface area contributed by atoms with Crippen LogP contribution in [0, 0.1) is 5.92 Å². The number of unbranched alkanes of at least 4 members (excludes halogenated alkanes) is 1. The summed E-state index contributed by atoms with van der Waals surface area (Å²) in [6, 6.07) is 0.889. The highest BCUT2D eigenvalue weighted by atomic mass is 28.4. The lowest BCUT2D eigenvalue weighted by molar-refractivity contribution is 0.122. The van der Waals surface area contributed by atoms with E-state index < -0.39 is 8.80 Å². The van der Waals surface area contributed by atoms with Crippen LogP contribution in [0.2, 0.25) is 6.04 Å². The van der Waals surface area contributed by atoms with Crippen LogP contribution in [0.5, 0.6) is 0 Å². The zero-order valence-electron chi connectivity index (χ0n) is 10.4. The van der Waals surface area contributed by atoms with E-state index in [0.29, 0.717) is 5.92 Å². The van der Waals surface area contributed by atoms with Crippen molar-refractivity contribution in [2.45, 2.75) is 32.2 Å². The zero-order valence-corrected chi connectivity index (χ0v) is 11.4. The molecule has 0 aliphatic carbocycles. The average molecular weight is 232 g/mol. The van der Waals surface area contributed by atoms with Gasteiger partial charge in [-0.2, -0.15) is 0 Å². The van der Waals surface area contributed by atoms with Gasteiger partial charge >= 0.3 is 8.80 Å². The molecule has 0 aromatic rings. The van der Waals surface area contributed by atoms with E-state index in [9.17, 15) is 0 Å². The molecule has 0 radical (unpaired) electrons. The standard InChI is InChI=1S/C11H24O3Si/c1-6-11(2)9-7-8-10-15(12-3,13-4)14-5/h6,11H,1,7-10H2,2-5H3. The van der Waals surface area contributed by atoms with Crippen molar-refractivity contribution < 1.29 is 13.3 Å². The highest BCUT2D eigenvalue weighted by molar-refractivity contribution is 6.60. The van der Waals surface area contributed by atoms with Crippen molar-refractivity contribution in [3.8, 4) is 0 Å². The van der Waals surface area contributed by atoms with Crippen molar-refractivity contribution in [3.05, 3.63) is 12.7 Å². The van der Waals surface area contributed by atoms with Crippen LogP contribution in [-0.2, 0) is 13.3 Å². The Morgan fingerprint density at radius 1 is 1.13 bits per heavy atom. The van der Waals surface area contributed by atoms with Crippen LogP contribution < -0.4 is 0 Å². The van der Waals surface area contributed by atoms with Crippen LogP contribution in [0.15, 0.2) is 12.7 Å². The molecule has 3 nitrogen and oxygen atoms in total. The van der Waals surface area contributed by atoms with Crippen LogP contribution in [-0.4, -0.2) is 30.1 Å². The van der Waals surface area contributed by atoms with Gasteiger partial charge in [-0.15, -0.1) is 6.58 Å². The lowest BCUT2D eigenvalue weighted by Gasteiger charge is -2.24. The zero-order chi connectivity index (χ0) is 11.7. The van der Waals surface area contributed by atoms with Gasteiger partial charge in [0, 0.05) is 27.4 Å². The lowest BCUT2D eigenvalue weighted by Crippen LogP contribution is -2.42. The quantitative estimate of drug-likeness (QED) is 0.347. The van der Waals surface area contributed by atoms with Gasteiger partial charge in [0.2, 0.25) is 0 Å². The third-order valence-electron chi connectivity index (χ3n) is 2.73. The van der Waals surface area contributed by atoms with Gasteiger partial charge in [0.15, 0.2) is 0 Å². The summed E-state index contributed by atoms with van der Waals surface area (Å²) in [4.78, 5) is 0. The summed E-state index contributed by atoms with van der Waals surface area (Å²) in [6.45, 7) is 5.95. The first-order valence-electron chi connectivity index (χ1n) is 5.42. The van der Waals surface area contributed by atoms with E-state index >= 15 is 0 Å². The molecular weight excluding hydrogens is 208 g/mol. The van der Waals surface area contributed by atoms with Gasteiger partial charge in [-0.1, -0.05) is 19.4 Å². The average Bonchev–Trinajstić information content (AvgIpc) is 2.30. The summed E-state index contributed by atoms with van der Waals surface area (Å²) in [5.74, 6) is 0.591. The van der Waals surface area contributed by atoms with E-state index in [1.54, 1.807) is 21.3 Å². The Morgan fingerprint density at radius 3 is 2.07 bits per heavy atom. The second-order valence-corrected chi connectivity index (χ2v) is 6.84. The van der Waals surface area contributed by atoms with E-state index in [1.165, 1.54) is 6.42 Å². The molecule has 15 heavy (non-hydrogen) atoms. The van der Waals surface area contributed by atoms with Gasteiger partial charge in [-0.05, 0) is 18.8 Å². The Kier molecular flexibility index (Phi) is 7.96. The third-order valence-corrected chi connectivity index (χ3v) is 5.56.